The summed E-state index contributed by atoms with van der Waals surface area (Å²) in [5.41, 5.74) is -0.532. The van der Waals surface area contributed by atoms with E-state index in [1.54, 1.807) is 0 Å². The number of aromatic carboxylic acids is 1. The lowest BCUT2D eigenvalue weighted by Gasteiger charge is -2.12. The number of carboxylic acid groups (broad SMARTS) is 1. The van der Waals surface area contributed by atoms with Gasteiger partial charge in [-0.05, 0) is 11.6 Å². The second-order valence-electron chi connectivity index (χ2n) is 3.94. The van der Waals surface area contributed by atoms with Gasteiger partial charge in [-0.2, -0.15) is 0 Å². The third kappa shape index (κ3) is 4.44. The third-order valence-electron chi connectivity index (χ3n) is 2.62. The van der Waals surface area contributed by atoms with Crippen LogP contribution in [0.5, 0.6) is 11.5 Å². The van der Waals surface area contributed by atoms with E-state index in [2.05, 4.69) is 9.91 Å². The lowest BCUT2D eigenvalue weighted by Crippen LogP contribution is -2.06. The summed E-state index contributed by atoms with van der Waals surface area (Å²) in [4.78, 5) is 32.6. The Balaban J connectivity index is 2.84. The van der Waals surface area contributed by atoms with Gasteiger partial charge in [-0.1, -0.05) is 0 Å². The van der Waals surface area contributed by atoms with Gasteiger partial charge in [0.05, 0.1) is 26.4 Å². The Morgan fingerprint density at radius 2 is 1.95 bits per heavy atom. The maximum atomic E-state index is 11.0. The molecule has 8 heteroatoms. The molecule has 21 heavy (non-hydrogen) atoms. The minimum atomic E-state index is -1.29. The largest absolute Gasteiger partial charge is 0.493 e. The van der Waals surface area contributed by atoms with Crippen LogP contribution in [0.3, 0.4) is 0 Å². The fraction of sp³-hybridized carbons (Fsp3) is 0.385. The highest BCUT2D eigenvalue weighted by Gasteiger charge is 2.17. The monoisotopic (exact) mass is 297 g/mol. The van der Waals surface area contributed by atoms with Gasteiger partial charge in [-0.25, -0.2) is 4.79 Å². The number of hydrogen-bond donors (Lipinski definition) is 1. The van der Waals surface area contributed by atoms with Crippen molar-refractivity contribution in [2.24, 2.45) is 5.18 Å². The number of nitroso groups, excluding NO2 is 1. The highest BCUT2D eigenvalue weighted by Crippen LogP contribution is 2.35. The lowest BCUT2D eigenvalue weighted by atomic mass is 10.1. The summed E-state index contributed by atoms with van der Waals surface area (Å²) in [5, 5.41) is 11.6. The average molecular weight is 297 g/mol. The van der Waals surface area contributed by atoms with Gasteiger partial charge in [0.1, 0.15) is 5.69 Å². The predicted molar refractivity (Wildman–Crippen MR) is 72.2 cm³/mol. The lowest BCUT2D eigenvalue weighted by molar-refractivity contribution is -0.140. The molecule has 1 aromatic carbocycles. The first-order chi connectivity index (χ1) is 10.0. The van der Waals surface area contributed by atoms with E-state index in [0.717, 1.165) is 6.07 Å². The smallest absolute Gasteiger partial charge is 0.338 e. The number of carbonyl (C=O) groups excluding carboxylic acids is 1. The molecular formula is C13H15NO7. The standard InChI is InChI=1S/C13H15NO7/c1-19-10-6-8(13(16)17)9(14-18)7-11(10)21-5-3-4-12(15)20-2/h6-7H,3-5H2,1-2H3,(H,16,17). The Kier molecular flexibility index (Phi) is 6.12. The maximum absolute atomic E-state index is 11.0. The van der Waals surface area contributed by atoms with Crippen LogP contribution in [-0.4, -0.2) is 37.9 Å². The van der Waals surface area contributed by atoms with Crippen molar-refractivity contribution in [2.75, 3.05) is 20.8 Å². The molecule has 0 amide bonds. The van der Waals surface area contributed by atoms with E-state index >= 15 is 0 Å². The Bertz CT molecular complexity index is 542. The number of hydrogen-bond acceptors (Lipinski definition) is 7. The normalized spacial score (nSPS) is 9.81. The second kappa shape index (κ2) is 7.83. The number of carbonyl (C=O) groups is 2. The molecule has 0 spiro atoms. The SMILES string of the molecule is COC(=O)CCCOc1cc(N=O)c(C(=O)O)cc1OC. The summed E-state index contributed by atoms with van der Waals surface area (Å²) in [5.74, 6) is -1.30. The molecule has 0 unspecified atom stereocenters. The number of rotatable bonds is 8. The van der Waals surface area contributed by atoms with Gasteiger partial charge in [0, 0.05) is 18.6 Å². The molecule has 0 bridgehead atoms. The number of ether oxygens (including phenoxy) is 3. The topological polar surface area (TPSA) is 111 Å². The number of nitrogens with zero attached hydrogens (tertiary/aromatic N) is 1. The summed E-state index contributed by atoms with van der Waals surface area (Å²) in [7, 11) is 2.63. The fourth-order valence-electron chi connectivity index (χ4n) is 1.57. The Morgan fingerprint density at radius 1 is 1.24 bits per heavy atom. The first kappa shape index (κ1) is 16.4. The van der Waals surface area contributed by atoms with Crippen LogP contribution in [0.4, 0.5) is 5.69 Å². The van der Waals surface area contributed by atoms with E-state index < -0.39 is 5.97 Å². The van der Waals surface area contributed by atoms with Crippen molar-refractivity contribution in [2.45, 2.75) is 12.8 Å². The fourth-order valence-corrected chi connectivity index (χ4v) is 1.57. The quantitative estimate of drug-likeness (QED) is 0.444. The summed E-state index contributed by atoms with van der Waals surface area (Å²) in [6.45, 7) is 0.177. The number of benzene rings is 1. The van der Waals surface area contributed by atoms with Gasteiger partial charge < -0.3 is 19.3 Å². The van der Waals surface area contributed by atoms with E-state index in [9.17, 15) is 14.5 Å². The van der Waals surface area contributed by atoms with Gasteiger partial charge in [-0.3, -0.25) is 4.79 Å². The number of esters is 1. The zero-order chi connectivity index (χ0) is 15.8. The third-order valence-corrected chi connectivity index (χ3v) is 2.62. The molecule has 8 nitrogen and oxygen atoms in total. The Hall–Kier alpha value is -2.64. The van der Waals surface area contributed by atoms with Crippen LogP contribution in [-0.2, 0) is 9.53 Å². The van der Waals surface area contributed by atoms with Crippen molar-refractivity contribution in [3.8, 4) is 11.5 Å². The molecule has 1 rings (SSSR count). The zero-order valence-electron chi connectivity index (χ0n) is 11.6. The minimum absolute atomic E-state index is 0.165. The van der Waals surface area contributed by atoms with E-state index in [-0.39, 0.29) is 41.7 Å². The number of carboxylic acids is 1. The van der Waals surface area contributed by atoms with Gasteiger partial charge in [0.15, 0.2) is 11.5 Å². The Morgan fingerprint density at radius 3 is 2.48 bits per heavy atom. The molecular weight excluding hydrogens is 282 g/mol. The van der Waals surface area contributed by atoms with Crippen LogP contribution in [0.2, 0.25) is 0 Å². The van der Waals surface area contributed by atoms with Crippen LogP contribution >= 0.6 is 0 Å². The molecule has 0 aliphatic carbocycles. The summed E-state index contributed by atoms with van der Waals surface area (Å²) in [6.07, 6.45) is 0.588. The van der Waals surface area contributed by atoms with E-state index in [4.69, 9.17) is 14.6 Å². The Labute approximate surface area is 120 Å². The molecule has 1 N–H and O–H groups in total. The molecule has 0 fully saturated rings. The van der Waals surface area contributed by atoms with Gasteiger partial charge in [0.25, 0.3) is 0 Å². The van der Waals surface area contributed by atoms with Crippen LogP contribution < -0.4 is 9.47 Å². The van der Waals surface area contributed by atoms with Crippen molar-refractivity contribution >= 4 is 17.6 Å². The first-order valence-corrected chi connectivity index (χ1v) is 6.01. The predicted octanol–water partition coefficient (Wildman–Crippen LogP) is 2.12. The van der Waals surface area contributed by atoms with Gasteiger partial charge in [-0.15, -0.1) is 4.91 Å². The molecule has 0 atom stereocenters. The van der Waals surface area contributed by atoms with E-state index in [1.807, 2.05) is 0 Å². The molecule has 0 saturated heterocycles. The van der Waals surface area contributed by atoms with Crippen molar-refractivity contribution in [3.05, 3.63) is 22.6 Å². The van der Waals surface area contributed by atoms with Crippen molar-refractivity contribution in [1.29, 1.82) is 0 Å². The summed E-state index contributed by atoms with van der Waals surface area (Å²) in [6, 6.07) is 2.35. The molecule has 1 aromatic rings. The summed E-state index contributed by atoms with van der Waals surface area (Å²) >= 11 is 0. The maximum Gasteiger partial charge on any atom is 0.338 e. The molecule has 0 aliphatic rings. The first-order valence-electron chi connectivity index (χ1n) is 6.01. The van der Waals surface area contributed by atoms with E-state index in [1.165, 1.54) is 20.3 Å². The molecule has 0 aromatic heterocycles. The zero-order valence-corrected chi connectivity index (χ0v) is 11.6. The van der Waals surface area contributed by atoms with Crippen molar-refractivity contribution < 1.29 is 28.9 Å². The van der Waals surface area contributed by atoms with Crippen LogP contribution in [0.15, 0.2) is 17.3 Å². The molecule has 0 aliphatic heterocycles. The van der Waals surface area contributed by atoms with Gasteiger partial charge >= 0.3 is 11.9 Å². The van der Waals surface area contributed by atoms with Crippen LogP contribution in [0, 0.1) is 4.91 Å². The van der Waals surface area contributed by atoms with E-state index in [0.29, 0.717) is 6.42 Å². The minimum Gasteiger partial charge on any atom is -0.493 e. The van der Waals surface area contributed by atoms with Crippen LogP contribution in [0.1, 0.15) is 23.2 Å². The molecule has 0 saturated carbocycles. The molecule has 0 radical (unpaired) electrons. The van der Waals surface area contributed by atoms with Crippen molar-refractivity contribution in [1.82, 2.24) is 0 Å². The second-order valence-corrected chi connectivity index (χ2v) is 3.94. The highest BCUT2D eigenvalue weighted by atomic mass is 16.5. The number of methoxy groups -OCH3 is 2. The highest BCUT2D eigenvalue weighted by molar-refractivity contribution is 5.94. The summed E-state index contributed by atoms with van der Waals surface area (Å²) < 4.78 is 14.9. The van der Waals surface area contributed by atoms with Gasteiger partial charge in [0.2, 0.25) is 0 Å². The molecule has 0 heterocycles. The average Bonchev–Trinajstić information content (AvgIpc) is 2.50. The molecule has 114 valence electrons. The van der Waals surface area contributed by atoms with Crippen LogP contribution in [0.25, 0.3) is 0 Å². The van der Waals surface area contributed by atoms with Crippen molar-refractivity contribution in [3.63, 3.8) is 0 Å².